The maximum absolute atomic E-state index is 9.36. The molecule has 1 aliphatic heterocycles. The number of benzene rings is 2. The average Bonchev–Trinajstić information content (AvgIpc) is 2.97. The van der Waals surface area contributed by atoms with E-state index in [1.165, 1.54) is 12.0 Å². The molecule has 0 saturated carbocycles. The molecular weight excluding hydrogens is 298 g/mol. The maximum Gasteiger partial charge on any atom is 0.127 e. The molecule has 22 heavy (non-hydrogen) atoms. The summed E-state index contributed by atoms with van der Waals surface area (Å²) < 4.78 is 5.79. The number of aliphatic hydroxyl groups excluding tert-OH is 1. The molecule has 0 radical (unpaired) electrons. The van der Waals surface area contributed by atoms with E-state index < -0.39 is 0 Å². The lowest BCUT2D eigenvalue weighted by atomic mass is 10.2. The lowest BCUT2D eigenvalue weighted by Gasteiger charge is -2.22. The number of rotatable bonds is 5. The summed E-state index contributed by atoms with van der Waals surface area (Å²) in [5.41, 5.74) is 1.26. The Balaban J connectivity index is 0.00000176. The van der Waals surface area contributed by atoms with E-state index in [9.17, 15) is 5.11 Å². The second-order valence-corrected chi connectivity index (χ2v) is 5.51. The minimum atomic E-state index is 0. The number of ether oxygens (including phenoxy) is 1. The van der Waals surface area contributed by atoms with Gasteiger partial charge < -0.3 is 9.84 Å². The lowest BCUT2D eigenvalue weighted by molar-refractivity contribution is 0.153. The number of para-hydroxylation sites is 1. The Morgan fingerprint density at radius 3 is 2.36 bits per heavy atom. The van der Waals surface area contributed by atoms with Crippen LogP contribution >= 0.6 is 12.4 Å². The Morgan fingerprint density at radius 2 is 1.68 bits per heavy atom. The van der Waals surface area contributed by atoms with Gasteiger partial charge in [-0.25, -0.2) is 0 Å². The summed E-state index contributed by atoms with van der Waals surface area (Å²) in [4.78, 5) is 2.35. The molecule has 2 aromatic carbocycles. The molecule has 4 heteroatoms. The Kier molecular flexibility index (Phi) is 6.25. The van der Waals surface area contributed by atoms with E-state index in [0.717, 1.165) is 31.0 Å². The number of hydrogen-bond acceptors (Lipinski definition) is 3. The summed E-state index contributed by atoms with van der Waals surface area (Å²) in [6, 6.07) is 18.3. The Morgan fingerprint density at radius 1 is 1.00 bits per heavy atom. The lowest BCUT2D eigenvalue weighted by Crippen LogP contribution is -2.31. The highest BCUT2D eigenvalue weighted by atomic mass is 35.5. The molecule has 0 unspecified atom stereocenters. The second-order valence-electron chi connectivity index (χ2n) is 5.51. The van der Waals surface area contributed by atoms with Gasteiger partial charge in [-0.3, -0.25) is 4.90 Å². The van der Waals surface area contributed by atoms with E-state index >= 15 is 0 Å². The van der Waals surface area contributed by atoms with Gasteiger partial charge in [0.1, 0.15) is 11.5 Å². The number of hydrogen-bond donors (Lipinski definition) is 1. The fourth-order valence-corrected chi connectivity index (χ4v) is 2.83. The zero-order valence-electron chi connectivity index (χ0n) is 12.5. The quantitative estimate of drug-likeness (QED) is 0.908. The normalized spacial score (nSPS) is 18.0. The van der Waals surface area contributed by atoms with Crippen LogP contribution in [0.5, 0.6) is 11.5 Å². The third-order valence-electron chi connectivity index (χ3n) is 4.00. The van der Waals surface area contributed by atoms with Gasteiger partial charge in [0.15, 0.2) is 0 Å². The van der Waals surface area contributed by atoms with Crippen LogP contribution in [0.25, 0.3) is 0 Å². The van der Waals surface area contributed by atoms with Crippen molar-refractivity contribution in [1.29, 1.82) is 0 Å². The van der Waals surface area contributed by atoms with Crippen LogP contribution in [0.1, 0.15) is 18.4 Å². The molecule has 0 aromatic heterocycles. The first-order valence-electron chi connectivity index (χ1n) is 7.52. The molecule has 0 aliphatic carbocycles. The van der Waals surface area contributed by atoms with Crippen molar-refractivity contribution in [1.82, 2.24) is 4.90 Å². The first-order chi connectivity index (χ1) is 10.3. The van der Waals surface area contributed by atoms with Crippen molar-refractivity contribution in [2.75, 3.05) is 13.2 Å². The molecule has 3 nitrogen and oxygen atoms in total. The summed E-state index contributed by atoms with van der Waals surface area (Å²) in [7, 11) is 0. The van der Waals surface area contributed by atoms with Crippen LogP contribution in [-0.4, -0.2) is 29.2 Å². The molecule has 3 rings (SSSR count). The molecule has 1 atom stereocenters. The molecule has 2 aromatic rings. The van der Waals surface area contributed by atoms with Crippen molar-refractivity contribution < 1.29 is 9.84 Å². The first kappa shape index (κ1) is 16.8. The van der Waals surface area contributed by atoms with E-state index in [1.54, 1.807) is 0 Å². The molecule has 1 aliphatic rings. The monoisotopic (exact) mass is 319 g/mol. The van der Waals surface area contributed by atoms with Crippen molar-refractivity contribution in [2.24, 2.45) is 0 Å². The molecule has 118 valence electrons. The molecule has 0 spiro atoms. The number of aliphatic hydroxyl groups is 1. The molecule has 1 saturated heterocycles. The van der Waals surface area contributed by atoms with E-state index in [1.807, 2.05) is 42.5 Å². The van der Waals surface area contributed by atoms with Gasteiger partial charge in [-0.15, -0.1) is 12.4 Å². The van der Waals surface area contributed by atoms with Crippen LogP contribution in [0, 0.1) is 0 Å². The number of nitrogens with zero attached hydrogens (tertiary/aromatic N) is 1. The molecular formula is C18H22ClNO2. The number of likely N-dealkylation sites (tertiary alicyclic amines) is 1. The summed E-state index contributed by atoms with van der Waals surface area (Å²) in [6.45, 7) is 2.24. The highest BCUT2D eigenvalue weighted by molar-refractivity contribution is 5.85. The first-order valence-corrected chi connectivity index (χ1v) is 7.52. The minimum Gasteiger partial charge on any atom is -0.457 e. The van der Waals surface area contributed by atoms with Crippen LogP contribution < -0.4 is 4.74 Å². The molecule has 0 amide bonds. The summed E-state index contributed by atoms with van der Waals surface area (Å²) in [6.07, 6.45) is 2.28. The third kappa shape index (κ3) is 4.23. The van der Waals surface area contributed by atoms with Crippen molar-refractivity contribution in [3.63, 3.8) is 0 Å². The van der Waals surface area contributed by atoms with E-state index in [4.69, 9.17) is 4.74 Å². The van der Waals surface area contributed by atoms with Crippen molar-refractivity contribution in [3.05, 3.63) is 60.2 Å². The van der Waals surface area contributed by atoms with Gasteiger partial charge >= 0.3 is 0 Å². The van der Waals surface area contributed by atoms with Gasteiger partial charge in [0.05, 0.1) is 6.61 Å². The van der Waals surface area contributed by atoms with Crippen molar-refractivity contribution in [3.8, 4) is 11.5 Å². The molecule has 0 bridgehead atoms. The van der Waals surface area contributed by atoms with Gasteiger partial charge in [0, 0.05) is 12.6 Å². The zero-order valence-corrected chi connectivity index (χ0v) is 13.3. The summed E-state index contributed by atoms with van der Waals surface area (Å²) in [5, 5.41) is 9.36. The van der Waals surface area contributed by atoms with Gasteiger partial charge in [-0.1, -0.05) is 30.3 Å². The minimum absolute atomic E-state index is 0. The standard InChI is InChI=1S/C18H21NO2.ClH/c20-14-16-5-4-12-19(16)13-15-8-10-18(11-9-15)21-17-6-2-1-3-7-17;/h1-3,6-11,16,20H,4-5,12-14H2;1H/t16-;/m1./s1. The van der Waals surface area contributed by atoms with Crippen LogP contribution in [0.3, 0.4) is 0 Å². The predicted molar refractivity (Wildman–Crippen MR) is 90.7 cm³/mol. The topological polar surface area (TPSA) is 32.7 Å². The van der Waals surface area contributed by atoms with Crippen molar-refractivity contribution >= 4 is 12.4 Å². The molecule has 1 heterocycles. The fraction of sp³-hybridized carbons (Fsp3) is 0.333. The zero-order chi connectivity index (χ0) is 14.5. The summed E-state index contributed by atoms with van der Waals surface area (Å²) in [5.74, 6) is 1.70. The molecule has 1 N–H and O–H groups in total. The van der Waals surface area contributed by atoms with Gasteiger partial charge in [0.25, 0.3) is 0 Å². The second kappa shape index (κ2) is 8.18. The van der Waals surface area contributed by atoms with Crippen LogP contribution in [-0.2, 0) is 6.54 Å². The fourth-order valence-electron chi connectivity index (χ4n) is 2.83. The third-order valence-corrected chi connectivity index (χ3v) is 4.00. The van der Waals surface area contributed by atoms with Crippen molar-refractivity contribution in [2.45, 2.75) is 25.4 Å². The number of halogens is 1. The van der Waals surface area contributed by atoms with E-state index in [0.29, 0.717) is 6.04 Å². The van der Waals surface area contributed by atoms with E-state index in [-0.39, 0.29) is 19.0 Å². The largest absolute Gasteiger partial charge is 0.457 e. The van der Waals surface area contributed by atoms with Crippen LogP contribution in [0.15, 0.2) is 54.6 Å². The van der Waals surface area contributed by atoms with Gasteiger partial charge in [0.2, 0.25) is 0 Å². The maximum atomic E-state index is 9.36. The van der Waals surface area contributed by atoms with E-state index in [2.05, 4.69) is 17.0 Å². The summed E-state index contributed by atoms with van der Waals surface area (Å²) >= 11 is 0. The van der Waals surface area contributed by atoms with Crippen LogP contribution in [0.4, 0.5) is 0 Å². The predicted octanol–water partition coefficient (Wildman–Crippen LogP) is 3.86. The SMILES string of the molecule is Cl.OC[C@H]1CCCN1Cc1ccc(Oc2ccccc2)cc1. The average molecular weight is 320 g/mol. The van der Waals surface area contributed by atoms with Gasteiger partial charge in [-0.2, -0.15) is 0 Å². The van der Waals surface area contributed by atoms with Crippen LogP contribution in [0.2, 0.25) is 0 Å². The Bertz CT molecular complexity index is 559. The highest BCUT2D eigenvalue weighted by Crippen LogP contribution is 2.23. The Labute approximate surface area is 137 Å². The smallest absolute Gasteiger partial charge is 0.127 e. The highest BCUT2D eigenvalue weighted by Gasteiger charge is 2.23. The van der Waals surface area contributed by atoms with Gasteiger partial charge in [-0.05, 0) is 49.2 Å². The molecule has 1 fully saturated rings. The Hall–Kier alpha value is -1.55.